The van der Waals surface area contributed by atoms with Gasteiger partial charge in [-0.1, -0.05) is 0 Å². The van der Waals surface area contributed by atoms with Crippen molar-refractivity contribution in [2.75, 3.05) is 6.54 Å². The van der Waals surface area contributed by atoms with Gasteiger partial charge in [-0.3, -0.25) is 10.1 Å². The van der Waals surface area contributed by atoms with Gasteiger partial charge in [0.2, 0.25) is 0 Å². The highest BCUT2D eigenvalue weighted by molar-refractivity contribution is 5.96. The molecule has 104 valence electrons. The first-order chi connectivity index (χ1) is 8.52. The second kappa shape index (κ2) is 7.33. The molecule has 6 heteroatoms. The molecule has 1 fully saturated rings. The number of hydrogen-bond acceptors (Lipinski definition) is 4. The molecule has 0 aromatic carbocycles. The molecule has 3 amide bonds. The summed E-state index contributed by atoms with van der Waals surface area (Å²) in [4.78, 5) is 22.8. The van der Waals surface area contributed by atoms with Crippen LogP contribution < -0.4 is 10.6 Å². The Morgan fingerprint density at radius 2 is 1.94 bits per heavy atom. The number of amides is 3. The van der Waals surface area contributed by atoms with Crippen LogP contribution in [0.25, 0.3) is 0 Å². The highest BCUT2D eigenvalue weighted by Crippen LogP contribution is 2.22. The zero-order valence-electron chi connectivity index (χ0n) is 10.9. The summed E-state index contributed by atoms with van der Waals surface area (Å²) in [5.74, 6) is -0.438. The molecule has 1 unspecified atom stereocenters. The topological polar surface area (TPSA) is 87.7 Å². The largest absolute Gasteiger partial charge is 0.393 e. The minimum Gasteiger partial charge on any atom is -0.393 e. The van der Waals surface area contributed by atoms with E-state index < -0.39 is 18.0 Å². The second-order valence-corrected chi connectivity index (χ2v) is 4.56. The average Bonchev–Trinajstić information content (AvgIpc) is 2.32. The number of ether oxygens (including phenoxy) is 1. The molecule has 3 N–H and O–H groups in total. The summed E-state index contributed by atoms with van der Waals surface area (Å²) in [5.41, 5.74) is 0. The van der Waals surface area contributed by atoms with E-state index in [0.29, 0.717) is 19.4 Å². The predicted molar refractivity (Wildman–Crippen MR) is 66.0 cm³/mol. The average molecular weight is 258 g/mol. The molecule has 0 saturated heterocycles. The van der Waals surface area contributed by atoms with Crippen LogP contribution in [0.2, 0.25) is 0 Å². The number of urea groups is 1. The van der Waals surface area contributed by atoms with Crippen LogP contribution in [0.1, 0.15) is 39.5 Å². The van der Waals surface area contributed by atoms with Crippen molar-refractivity contribution in [2.24, 2.45) is 0 Å². The molecule has 0 aliphatic heterocycles. The van der Waals surface area contributed by atoms with Crippen molar-refractivity contribution in [1.82, 2.24) is 10.6 Å². The molecule has 1 atom stereocenters. The third-order valence-electron chi connectivity index (χ3n) is 2.98. The van der Waals surface area contributed by atoms with Crippen LogP contribution in [0, 0.1) is 0 Å². The fourth-order valence-electron chi connectivity index (χ4n) is 1.95. The number of rotatable bonds is 4. The lowest BCUT2D eigenvalue weighted by molar-refractivity contribution is -0.136. The smallest absolute Gasteiger partial charge is 0.321 e. The molecular formula is C12H22N2O4. The summed E-state index contributed by atoms with van der Waals surface area (Å²) in [6, 6.07) is -0.503. The molecule has 0 spiro atoms. The van der Waals surface area contributed by atoms with Crippen molar-refractivity contribution >= 4 is 11.9 Å². The van der Waals surface area contributed by atoms with Gasteiger partial charge in [0.1, 0.15) is 6.10 Å². The predicted octanol–water partition coefficient (Wildman–Crippen LogP) is 0.541. The monoisotopic (exact) mass is 258 g/mol. The summed E-state index contributed by atoms with van der Waals surface area (Å²) in [5, 5.41) is 14.1. The maximum Gasteiger partial charge on any atom is 0.321 e. The minimum absolute atomic E-state index is 0.0108. The molecule has 0 aromatic rings. The van der Waals surface area contributed by atoms with Crippen LogP contribution in [0.15, 0.2) is 0 Å². The van der Waals surface area contributed by atoms with Crippen LogP contribution in [0.3, 0.4) is 0 Å². The van der Waals surface area contributed by atoms with E-state index in [2.05, 4.69) is 10.6 Å². The summed E-state index contributed by atoms with van der Waals surface area (Å²) in [7, 11) is 0. The Kier molecular flexibility index (Phi) is 6.07. The first kappa shape index (κ1) is 14.9. The van der Waals surface area contributed by atoms with Crippen molar-refractivity contribution in [3.05, 3.63) is 0 Å². The summed E-state index contributed by atoms with van der Waals surface area (Å²) >= 11 is 0. The van der Waals surface area contributed by atoms with Crippen molar-refractivity contribution in [3.8, 4) is 0 Å². The van der Waals surface area contributed by atoms with Gasteiger partial charge in [-0.25, -0.2) is 4.79 Å². The summed E-state index contributed by atoms with van der Waals surface area (Å²) in [6.45, 7) is 3.87. The molecule has 6 nitrogen and oxygen atoms in total. The Bertz CT molecular complexity index is 288. The third-order valence-corrected chi connectivity index (χ3v) is 2.98. The van der Waals surface area contributed by atoms with E-state index in [1.165, 1.54) is 0 Å². The zero-order chi connectivity index (χ0) is 13.5. The molecule has 0 heterocycles. The Balaban J connectivity index is 2.29. The molecule has 1 rings (SSSR count). The quantitative estimate of drug-likeness (QED) is 0.687. The molecule has 1 aliphatic rings. The molecule has 18 heavy (non-hydrogen) atoms. The van der Waals surface area contributed by atoms with E-state index >= 15 is 0 Å². The molecular weight excluding hydrogens is 236 g/mol. The Morgan fingerprint density at radius 3 is 2.50 bits per heavy atom. The Labute approximate surface area is 107 Å². The molecule has 0 bridgehead atoms. The highest BCUT2D eigenvalue weighted by Gasteiger charge is 2.24. The van der Waals surface area contributed by atoms with Crippen molar-refractivity contribution in [3.63, 3.8) is 0 Å². The van der Waals surface area contributed by atoms with E-state index in [0.717, 1.165) is 12.8 Å². The van der Waals surface area contributed by atoms with Crippen LogP contribution in [0.4, 0.5) is 4.79 Å². The number of carbonyl (C=O) groups is 2. The van der Waals surface area contributed by atoms with Gasteiger partial charge in [0.25, 0.3) is 5.91 Å². The van der Waals surface area contributed by atoms with E-state index in [1.807, 2.05) is 0 Å². The van der Waals surface area contributed by atoms with Crippen LogP contribution in [-0.2, 0) is 9.53 Å². The highest BCUT2D eigenvalue weighted by atomic mass is 16.5. The summed E-state index contributed by atoms with van der Waals surface area (Å²) in [6.07, 6.45) is 1.99. The molecule has 1 aliphatic carbocycles. The number of carbonyl (C=O) groups excluding carboxylic acids is 2. The Hall–Kier alpha value is -1.14. The second-order valence-electron chi connectivity index (χ2n) is 4.56. The van der Waals surface area contributed by atoms with Gasteiger partial charge in [-0.2, -0.15) is 0 Å². The number of imide groups is 1. The zero-order valence-corrected chi connectivity index (χ0v) is 10.9. The van der Waals surface area contributed by atoms with Crippen molar-refractivity contribution in [1.29, 1.82) is 0 Å². The Morgan fingerprint density at radius 1 is 1.33 bits per heavy atom. The van der Waals surface area contributed by atoms with Gasteiger partial charge in [-0.05, 0) is 39.5 Å². The SMILES string of the molecule is CCNC(=O)NC(=O)C(C)OC1CCC(O)CC1. The lowest BCUT2D eigenvalue weighted by Crippen LogP contribution is -2.45. The molecule has 1 saturated carbocycles. The molecule has 0 aromatic heterocycles. The van der Waals surface area contributed by atoms with E-state index in [4.69, 9.17) is 4.74 Å². The normalized spacial score (nSPS) is 25.3. The minimum atomic E-state index is -0.659. The van der Waals surface area contributed by atoms with Crippen LogP contribution >= 0.6 is 0 Å². The third kappa shape index (κ3) is 5.01. The molecule has 0 radical (unpaired) electrons. The number of hydrogen-bond donors (Lipinski definition) is 3. The standard InChI is InChI=1S/C12H22N2O4/c1-3-13-12(17)14-11(16)8(2)18-10-6-4-9(15)5-7-10/h8-10,15H,3-7H2,1-2H3,(H2,13,14,16,17). The van der Waals surface area contributed by atoms with E-state index in [-0.39, 0.29) is 12.2 Å². The van der Waals surface area contributed by atoms with Crippen LogP contribution in [-0.4, -0.2) is 41.9 Å². The van der Waals surface area contributed by atoms with Gasteiger partial charge < -0.3 is 15.2 Å². The van der Waals surface area contributed by atoms with E-state index in [9.17, 15) is 14.7 Å². The fraction of sp³-hybridized carbons (Fsp3) is 0.833. The van der Waals surface area contributed by atoms with Crippen molar-refractivity contribution < 1.29 is 19.4 Å². The number of aliphatic hydroxyl groups is 1. The van der Waals surface area contributed by atoms with Gasteiger partial charge in [0.15, 0.2) is 0 Å². The number of aliphatic hydroxyl groups excluding tert-OH is 1. The summed E-state index contributed by atoms with van der Waals surface area (Å²) < 4.78 is 5.58. The lowest BCUT2D eigenvalue weighted by atomic mass is 9.95. The lowest BCUT2D eigenvalue weighted by Gasteiger charge is -2.27. The fourth-order valence-corrected chi connectivity index (χ4v) is 1.95. The first-order valence-corrected chi connectivity index (χ1v) is 6.45. The van der Waals surface area contributed by atoms with Gasteiger partial charge >= 0.3 is 6.03 Å². The van der Waals surface area contributed by atoms with Crippen molar-refractivity contribution in [2.45, 2.75) is 57.8 Å². The van der Waals surface area contributed by atoms with E-state index in [1.54, 1.807) is 13.8 Å². The van der Waals surface area contributed by atoms with Gasteiger partial charge in [0, 0.05) is 6.54 Å². The van der Waals surface area contributed by atoms with Gasteiger partial charge in [0.05, 0.1) is 12.2 Å². The number of nitrogens with one attached hydrogen (secondary N) is 2. The van der Waals surface area contributed by atoms with Gasteiger partial charge in [-0.15, -0.1) is 0 Å². The maximum atomic E-state index is 11.6. The van der Waals surface area contributed by atoms with Crippen LogP contribution in [0.5, 0.6) is 0 Å². The maximum absolute atomic E-state index is 11.6. The first-order valence-electron chi connectivity index (χ1n) is 6.45.